The first-order chi connectivity index (χ1) is 15.0. The van der Waals surface area contributed by atoms with E-state index in [0.29, 0.717) is 24.6 Å². The minimum absolute atomic E-state index is 0.333. The van der Waals surface area contributed by atoms with Crippen molar-refractivity contribution in [1.29, 1.82) is 0 Å². The monoisotopic (exact) mass is 448 g/mol. The number of carbonyl (C=O) groups is 1. The van der Waals surface area contributed by atoms with E-state index in [0.717, 1.165) is 22.0 Å². The quantitative estimate of drug-likeness (QED) is 0.318. The minimum atomic E-state index is -0.906. The minimum Gasteiger partial charge on any atom is -0.478 e. The molecule has 158 valence electrons. The van der Waals surface area contributed by atoms with Gasteiger partial charge in [0.15, 0.2) is 5.13 Å². The summed E-state index contributed by atoms with van der Waals surface area (Å²) >= 11 is 3.28. The highest BCUT2D eigenvalue weighted by Crippen LogP contribution is 2.31. The molecule has 0 spiro atoms. The number of anilines is 1. The van der Waals surface area contributed by atoms with Crippen LogP contribution in [0.5, 0.6) is 0 Å². The third-order valence-corrected chi connectivity index (χ3v) is 6.93. The molecule has 2 aromatic heterocycles. The van der Waals surface area contributed by atoms with Crippen molar-refractivity contribution in [3.8, 4) is 11.3 Å². The van der Waals surface area contributed by atoms with Crippen LogP contribution in [0.4, 0.5) is 5.13 Å². The van der Waals surface area contributed by atoms with Crippen LogP contribution >= 0.6 is 22.7 Å². The predicted molar refractivity (Wildman–Crippen MR) is 129 cm³/mol. The van der Waals surface area contributed by atoms with Crippen molar-refractivity contribution >= 4 is 33.8 Å². The molecule has 4 aromatic rings. The Labute approximate surface area is 190 Å². The van der Waals surface area contributed by atoms with Gasteiger partial charge >= 0.3 is 5.97 Å². The van der Waals surface area contributed by atoms with Gasteiger partial charge in [-0.1, -0.05) is 62.4 Å². The normalized spacial score (nSPS) is 11.1. The standard InChI is InChI=1S/C25H24N2O2S2/c1-17(2)18-9-11-19(12-10-18)23-16-31-25(26-23)27(15-21-7-5-13-30-21)14-20-6-3-4-8-22(20)24(28)29/h3-13,16-17H,14-15H2,1-2H3,(H,28,29). The molecule has 0 aliphatic heterocycles. The number of benzene rings is 2. The lowest BCUT2D eigenvalue weighted by molar-refractivity contribution is 0.0695. The van der Waals surface area contributed by atoms with Crippen molar-refractivity contribution in [3.63, 3.8) is 0 Å². The molecule has 0 aliphatic rings. The van der Waals surface area contributed by atoms with Crippen molar-refractivity contribution in [2.24, 2.45) is 0 Å². The van der Waals surface area contributed by atoms with Gasteiger partial charge in [0.1, 0.15) is 0 Å². The Bertz CT molecular complexity index is 1150. The molecule has 0 aliphatic carbocycles. The summed E-state index contributed by atoms with van der Waals surface area (Å²) in [5.41, 5.74) is 4.46. The SMILES string of the molecule is CC(C)c1ccc(-c2csc(N(Cc3cccs3)Cc3ccccc3C(=O)O)n2)cc1. The number of hydrogen-bond donors (Lipinski definition) is 1. The topological polar surface area (TPSA) is 53.4 Å². The van der Waals surface area contributed by atoms with Crippen LogP contribution in [-0.2, 0) is 13.1 Å². The highest BCUT2D eigenvalue weighted by atomic mass is 32.1. The summed E-state index contributed by atoms with van der Waals surface area (Å²) in [5.74, 6) is -0.410. The fraction of sp³-hybridized carbons (Fsp3) is 0.200. The van der Waals surface area contributed by atoms with Crippen LogP contribution in [0.3, 0.4) is 0 Å². The molecule has 4 rings (SSSR count). The zero-order valence-corrected chi connectivity index (χ0v) is 19.1. The summed E-state index contributed by atoms with van der Waals surface area (Å²) in [7, 11) is 0. The van der Waals surface area contributed by atoms with Crippen LogP contribution in [0.1, 0.15) is 46.1 Å². The van der Waals surface area contributed by atoms with Crippen LogP contribution in [0.2, 0.25) is 0 Å². The number of thiazole rings is 1. The summed E-state index contributed by atoms with van der Waals surface area (Å²) in [6.07, 6.45) is 0. The second-order valence-electron chi connectivity index (χ2n) is 7.69. The van der Waals surface area contributed by atoms with Gasteiger partial charge < -0.3 is 10.0 Å². The van der Waals surface area contributed by atoms with Crippen LogP contribution in [-0.4, -0.2) is 16.1 Å². The van der Waals surface area contributed by atoms with Gasteiger partial charge in [-0.05, 0) is 34.6 Å². The van der Waals surface area contributed by atoms with Crippen LogP contribution in [0, 0.1) is 0 Å². The molecule has 0 fully saturated rings. The van der Waals surface area contributed by atoms with Gasteiger partial charge in [0.2, 0.25) is 0 Å². The number of aromatic nitrogens is 1. The van der Waals surface area contributed by atoms with E-state index in [1.807, 2.05) is 18.2 Å². The van der Waals surface area contributed by atoms with E-state index in [-0.39, 0.29) is 0 Å². The Morgan fingerprint density at radius 3 is 2.45 bits per heavy atom. The van der Waals surface area contributed by atoms with Gasteiger partial charge in [-0.2, -0.15) is 0 Å². The second-order valence-corrected chi connectivity index (χ2v) is 9.56. The second kappa shape index (κ2) is 9.45. The highest BCUT2D eigenvalue weighted by Gasteiger charge is 2.18. The molecule has 0 amide bonds. The number of hydrogen-bond acceptors (Lipinski definition) is 5. The molecule has 0 saturated carbocycles. The molecule has 0 bridgehead atoms. The number of aromatic carboxylic acids is 1. The fourth-order valence-electron chi connectivity index (χ4n) is 3.44. The van der Waals surface area contributed by atoms with Crippen LogP contribution < -0.4 is 4.90 Å². The van der Waals surface area contributed by atoms with Crippen LogP contribution in [0.25, 0.3) is 11.3 Å². The molecule has 1 N–H and O–H groups in total. The van der Waals surface area contributed by atoms with E-state index in [2.05, 4.69) is 59.8 Å². The Hall–Kier alpha value is -2.96. The lowest BCUT2D eigenvalue weighted by Crippen LogP contribution is -2.23. The molecule has 0 atom stereocenters. The summed E-state index contributed by atoms with van der Waals surface area (Å²) in [5, 5.41) is 14.6. The maximum Gasteiger partial charge on any atom is 0.336 e. The first-order valence-electron chi connectivity index (χ1n) is 10.2. The van der Waals surface area contributed by atoms with E-state index in [1.54, 1.807) is 34.8 Å². The molecule has 31 heavy (non-hydrogen) atoms. The Kier molecular flexibility index (Phi) is 6.49. The van der Waals surface area contributed by atoms with E-state index in [4.69, 9.17) is 4.98 Å². The van der Waals surface area contributed by atoms with Crippen molar-refractivity contribution in [1.82, 2.24) is 4.98 Å². The van der Waals surface area contributed by atoms with Gasteiger partial charge in [-0.3, -0.25) is 0 Å². The third kappa shape index (κ3) is 5.03. The van der Waals surface area contributed by atoms with E-state index in [1.165, 1.54) is 10.4 Å². The number of thiophene rings is 1. The maximum absolute atomic E-state index is 11.7. The smallest absolute Gasteiger partial charge is 0.336 e. The number of carboxylic acids is 1. The fourth-order valence-corrected chi connectivity index (χ4v) is 4.99. The average molecular weight is 449 g/mol. The predicted octanol–water partition coefficient (Wildman–Crippen LogP) is 6.90. The zero-order chi connectivity index (χ0) is 21.8. The molecular weight excluding hydrogens is 424 g/mol. The maximum atomic E-state index is 11.7. The molecule has 2 aromatic carbocycles. The van der Waals surface area contributed by atoms with E-state index < -0.39 is 5.97 Å². The Morgan fingerprint density at radius 2 is 1.77 bits per heavy atom. The van der Waals surface area contributed by atoms with E-state index >= 15 is 0 Å². The Balaban J connectivity index is 1.64. The summed E-state index contributed by atoms with van der Waals surface area (Å²) < 4.78 is 0. The molecule has 4 nitrogen and oxygen atoms in total. The highest BCUT2D eigenvalue weighted by molar-refractivity contribution is 7.14. The van der Waals surface area contributed by atoms with Crippen molar-refractivity contribution in [3.05, 3.63) is 93.0 Å². The zero-order valence-electron chi connectivity index (χ0n) is 17.5. The Morgan fingerprint density at radius 1 is 1.00 bits per heavy atom. The van der Waals surface area contributed by atoms with Crippen molar-refractivity contribution < 1.29 is 9.90 Å². The number of rotatable bonds is 8. The molecule has 0 unspecified atom stereocenters. The first-order valence-corrected chi connectivity index (χ1v) is 11.9. The summed E-state index contributed by atoms with van der Waals surface area (Å²) in [6, 6.07) is 19.9. The van der Waals surface area contributed by atoms with Gasteiger partial charge in [-0.25, -0.2) is 9.78 Å². The largest absolute Gasteiger partial charge is 0.478 e. The van der Waals surface area contributed by atoms with Gasteiger partial charge in [-0.15, -0.1) is 22.7 Å². The summed E-state index contributed by atoms with van der Waals surface area (Å²) in [6.45, 7) is 5.55. The van der Waals surface area contributed by atoms with Crippen molar-refractivity contribution in [2.45, 2.75) is 32.9 Å². The molecule has 0 saturated heterocycles. The number of nitrogens with zero attached hydrogens (tertiary/aromatic N) is 2. The average Bonchev–Trinajstić information content (AvgIpc) is 3.46. The van der Waals surface area contributed by atoms with Crippen molar-refractivity contribution in [2.75, 3.05) is 4.90 Å². The van der Waals surface area contributed by atoms with Gasteiger partial charge in [0.25, 0.3) is 0 Å². The lowest BCUT2D eigenvalue weighted by atomic mass is 10.0. The molecule has 2 heterocycles. The number of carboxylic acid groups (broad SMARTS) is 1. The molecule has 6 heteroatoms. The first kappa shape index (κ1) is 21.3. The van der Waals surface area contributed by atoms with Crippen LogP contribution in [0.15, 0.2) is 71.4 Å². The lowest BCUT2D eigenvalue weighted by Gasteiger charge is -2.22. The summed E-state index contributed by atoms with van der Waals surface area (Å²) in [4.78, 5) is 20.0. The van der Waals surface area contributed by atoms with E-state index in [9.17, 15) is 9.90 Å². The van der Waals surface area contributed by atoms with Gasteiger partial charge in [0, 0.05) is 22.4 Å². The van der Waals surface area contributed by atoms with Gasteiger partial charge in [0.05, 0.1) is 17.8 Å². The molecular formula is C25H24N2O2S2. The third-order valence-electron chi connectivity index (χ3n) is 5.17. The molecule has 0 radical (unpaired) electrons.